The molecule has 17 heavy (non-hydrogen) atoms. The molecular formula is C12H18N4O. The number of nitrogens with zero attached hydrogens (tertiary/aromatic N) is 1. The average molecular weight is 234 g/mol. The van der Waals surface area contributed by atoms with Crippen LogP contribution in [0.1, 0.15) is 30.3 Å². The molecule has 1 amide bonds. The first-order chi connectivity index (χ1) is 8.09. The molecular weight excluding hydrogens is 216 g/mol. The van der Waals surface area contributed by atoms with Gasteiger partial charge in [-0.25, -0.2) is 0 Å². The lowest BCUT2D eigenvalue weighted by molar-refractivity contribution is 0.0995. The molecule has 2 rings (SSSR count). The first kappa shape index (κ1) is 11.9. The van der Waals surface area contributed by atoms with Gasteiger partial charge in [-0.05, 0) is 45.0 Å². The summed E-state index contributed by atoms with van der Waals surface area (Å²) < 4.78 is 0. The van der Waals surface area contributed by atoms with Crippen LogP contribution in [0.25, 0.3) is 0 Å². The van der Waals surface area contributed by atoms with Gasteiger partial charge in [0.05, 0.1) is 0 Å². The van der Waals surface area contributed by atoms with E-state index >= 15 is 0 Å². The van der Waals surface area contributed by atoms with E-state index in [1.165, 1.54) is 0 Å². The molecule has 4 N–H and O–H groups in total. The number of hydrogen-bond donors (Lipinski definition) is 3. The number of amides is 1. The van der Waals surface area contributed by atoms with Crippen LogP contribution < -0.4 is 16.4 Å². The Labute approximate surface area is 101 Å². The highest BCUT2D eigenvalue weighted by molar-refractivity contribution is 5.91. The molecule has 0 aliphatic carbocycles. The van der Waals surface area contributed by atoms with Crippen molar-refractivity contribution in [3.05, 3.63) is 24.0 Å². The summed E-state index contributed by atoms with van der Waals surface area (Å²) in [4.78, 5) is 15.0. The van der Waals surface area contributed by atoms with Crippen LogP contribution in [0.4, 0.5) is 5.69 Å². The van der Waals surface area contributed by atoms with Crippen molar-refractivity contribution in [2.24, 2.45) is 5.73 Å². The van der Waals surface area contributed by atoms with Crippen molar-refractivity contribution in [2.75, 3.05) is 18.4 Å². The fourth-order valence-corrected chi connectivity index (χ4v) is 2.10. The van der Waals surface area contributed by atoms with E-state index in [1.807, 2.05) is 6.07 Å². The van der Waals surface area contributed by atoms with Crippen LogP contribution in [0.15, 0.2) is 18.3 Å². The summed E-state index contributed by atoms with van der Waals surface area (Å²) in [6.45, 7) is 4.22. The fourth-order valence-electron chi connectivity index (χ4n) is 2.10. The standard InChI is InChI=1S/C12H18N4O/c1-12(3-6-14-7-4-12)16-9-2-5-15-10(8-9)11(13)17/h2,5,8,14H,3-4,6-7H2,1H3,(H2,13,17)(H,15,16). The third kappa shape index (κ3) is 2.94. The number of rotatable bonds is 3. The lowest BCUT2D eigenvalue weighted by Crippen LogP contribution is -2.45. The summed E-state index contributed by atoms with van der Waals surface area (Å²) in [5.41, 5.74) is 6.48. The number of carbonyl (C=O) groups is 1. The Kier molecular flexibility index (Phi) is 3.28. The molecule has 5 heteroatoms. The quantitative estimate of drug-likeness (QED) is 0.720. The Morgan fingerprint density at radius 1 is 1.53 bits per heavy atom. The van der Waals surface area contributed by atoms with Crippen LogP contribution in [0, 0.1) is 0 Å². The van der Waals surface area contributed by atoms with Crippen LogP contribution in [0.3, 0.4) is 0 Å². The van der Waals surface area contributed by atoms with E-state index in [0.717, 1.165) is 31.6 Å². The van der Waals surface area contributed by atoms with Crippen molar-refractivity contribution < 1.29 is 4.79 Å². The summed E-state index contributed by atoms with van der Waals surface area (Å²) >= 11 is 0. The molecule has 0 aromatic carbocycles. The SMILES string of the molecule is CC1(Nc2ccnc(C(N)=O)c2)CCNCC1. The molecule has 0 unspecified atom stereocenters. The maximum atomic E-state index is 11.0. The molecule has 1 fully saturated rings. The molecule has 0 saturated carbocycles. The molecule has 0 radical (unpaired) electrons. The van der Waals surface area contributed by atoms with Crippen molar-refractivity contribution in [1.29, 1.82) is 0 Å². The van der Waals surface area contributed by atoms with E-state index < -0.39 is 5.91 Å². The van der Waals surface area contributed by atoms with Gasteiger partial charge in [-0.2, -0.15) is 0 Å². The highest BCUT2D eigenvalue weighted by atomic mass is 16.1. The van der Waals surface area contributed by atoms with Crippen LogP contribution in [-0.4, -0.2) is 29.5 Å². The lowest BCUT2D eigenvalue weighted by atomic mass is 9.90. The normalized spacial score (nSPS) is 18.6. The lowest BCUT2D eigenvalue weighted by Gasteiger charge is -2.36. The summed E-state index contributed by atoms with van der Waals surface area (Å²) in [5.74, 6) is -0.496. The monoisotopic (exact) mass is 234 g/mol. The second-order valence-electron chi connectivity index (χ2n) is 4.73. The van der Waals surface area contributed by atoms with Gasteiger partial charge >= 0.3 is 0 Å². The van der Waals surface area contributed by atoms with Gasteiger partial charge in [-0.15, -0.1) is 0 Å². The highest BCUT2D eigenvalue weighted by Crippen LogP contribution is 2.23. The molecule has 1 aromatic rings. The molecule has 2 heterocycles. The maximum Gasteiger partial charge on any atom is 0.267 e. The molecule has 1 saturated heterocycles. The van der Waals surface area contributed by atoms with Crippen molar-refractivity contribution in [3.8, 4) is 0 Å². The van der Waals surface area contributed by atoms with Gasteiger partial charge in [0.15, 0.2) is 0 Å². The Morgan fingerprint density at radius 3 is 2.88 bits per heavy atom. The largest absolute Gasteiger partial charge is 0.380 e. The summed E-state index contributed by atoms with van der Waals surface area (Å²) in [5, 5.41) is 6.79. The van der Waals surface area contributed by atoms with Crippen molar-refractivity contribution in [1.82, 2.24) is 10.3 Å². The number of nitrogens with two attached hydrogens (primary N) is 1. The van der Waals surface area contributed by atoms with E-state index in [4.69, 9.17) is 5.73 Å². The van der Waals surface area contributed by atoms with Crippen LogP contribution >= 0.6 is 0 Å². The third-order valence-electron chi connectivity index (χ3n) is 3.17. The maximum absolute atomic E-state index is 11.0. The van der Waals surface area contributed by atoms with Gasteiger partial charge in [-0.3, -0.25) is 9.78 Å². The Morgan fingerprint density at radius 2 is 2.24 bits per heavy atom. The molecule has 0 spiro atoms. The smallest absolute Gasteiger partial charge is 0.267 e. The average Bonchev–Trinajstić information content (AvgIpc) is 2.29. The Hall–Kier alpha value is -1.62. The first-order valence-electron chi connectivity index (χ1n) is 5.84. The van der Waals surface area contributed by atoms with E-state index in [1.54, 1.807) is 12.3 Å². The van der Waals surface area contributed by atoms with E-state index in [0.29, 0.717) is 5.69 Å². The van der Waals surface area contributed by atoms with Crippen LogP contribution in [-0.2, 0) is 0 Å². The fraction of sp³-hybridized carbons (Fsp3) is 0.500. The van der Waals surface area contributed by atoms with E-state index in [2.05, 4.69) is 22.5 Å². The molecule has 0 bridgehead atoms. The topological polar surface area (TPSA) is 80.0 Å². The highest BCUT2D eigenvalue weighted by Gasteiger charge is 2.26. The minimum absolute atomic E-state index is 0.0710. The van der Waals surface area contributed by atoms with Gasteiger partial charge in [0.2, 0.25) is 0 Å². The van der Waals surface area contributed by atoms with E-state index in [-0.39, 0.29) is 5.54 Å². The zero-order valence-electron chi connectivity index (χ0n) is 9.99. The third-order valence-corrected chi connectivity index (χ3v) is 3.17. The van der Waals surface area contributed by atoms with Crippen LogP contribution in [0.2, 0.25) is 0 Å². The van der Waals surface area contributed by atoms with Crippen LogP contribution in [0.5, 0.6) is 0 Å². The summed E-state index contributed by atoms with van der Waals surface area (Å²) in [6.07, 6.45) is 3.72. The number of aromatic nitrogens is 1. The Balaban J connectivity index is 2.12. The number of carbonyl (C=O) groups excluding carboxylic acids is 1. The second kappa shape index (κ2) is 4.71. The minimum atomic E-state index is -0.496. The number of primary amides is 1. The van der Waals surface area contributed by atoms with Gasteiger partial charge < -0.3 is 16.4 Å². The molecule has 92 valence electrons. The molecule has 1 aliphatic rings. The van der Waals surface area contributed by atoms with Gasteiger partial charge in [0.25, 0.3) is 5.91 Å². The second-order valence-corrected chi connectivity index (χ2v) is 4.73. The predicted octanol–water partition coefficient (Wildman–Crippen LogP) is 0.734. The number of piperidine rings is 1. The zero-order valence-corrected chi connectivity index (χ0v) is 9.99. The predicted molar refractivity (Wildman–Crippen MR) is 66.9 cm³/mol. The molecule has 0 atom stereocenters. The number of anilines is 1. The number of hydrogen-bond acceptors (Lipinski definition) is 4. The van der Waals surface area contributed by atoms with Gasteiger partial charge in [-0.1, -0.05) is 0 Å². The van der Waals surface area contributed by atoms with Crippen molar-refractivity contribution in [2.45, 2.75) is 25.3 Å². The van der Waals surface area contributed by atoms with E-state index in [9.17, 15) is 4.79 Å². The number of nitrogens with one attached hydrogen (secondary N) is 2. The molecule has 5 nitrogen and oxygen atoms in total. The van der Waals surface area contributed by atoms with Crippen molar-refractivity contribution in [3.63, 3.8) is 0 Å². The Bertz CT molecular complexity index is 413. The molecule has 1 aromatic heterocycles. The summed E-state index contributed by atoms with van der Waals surface area (Å²) in [7, 11) is 0. The minimum Gasteiger partial charge on any atom is -0.380 e. The van der Waals surface area contributed by atoms with Gasteiger partial charge in [0.1, 0.15) is 5.69 Å². The number of pyridine rings is 1. The molecule has 1 aliphatic heterocycles. The zero-order chi connectivity index (χ0) is 12.3. The first-order valence-corrected chi connectivity index (χ1v) is 5.84. The summed E-state index contributed by atoms with van der Waals surface area (Å²) in [6, 6.07) is 3.56. The van der Waals surface area contributed by atoms with Gasteiger partial charge in [0, 0.05) is 17.4 Å². The van der Waals surface area contributed by atoms with Crippen molar-refractivity contribution >= 4 is 11.6 Å².